The van der Waals surface area contributed by atoms with Crippen LogP contribution in [0.3, 0.4) is 0 Å². The van der Waals surface area contributed by atoms with Crippen LogP contribution in [0.25, 0.3) is 5.65 Å². The molecular formula is C21H24N6O. The second-order valence-electron chi connectivity index (χ2n) is 7.77. The molecule has 0 atom stereocenters. The van der Waals surface area contributed by atoms with Gasteiger partial charge in [-0.15, -0.1) is 15.3 Å². The number of anilines is 1. The average Bonchev–Trinajstić information content (AvgIpc) is 3.48. The molecule has 1 saturated heterocycles. The van der Waals surface area contributed by atoms with Gasteiger partial charge in [0.05, 0.1) is 0 Å². The Balaban J connectivity index is 1.24. The van der Waals surface area contributed by atoms with E-state index in [0.717, 1.165) is 56.8 Å². The lowest BCUT2D eigenvalue weighted by Crippen LogP contribution is -2.43. The lowest BCUT2D eigenvalue weighted by molar-refractivity contribution is -0.137. The van der Waals surface area contributed by atoms with E-state index in [1.165, 1.54) is 5.56 Å². The van der Waals surface area contributed by atoms with Crippen molar-refractivity contribution in [1.29, 1.82) is 0 Å². The minimum Gasteiger partial charge on any atom is -0.355 e. The van der Waals surface area contributed by atoms with Crippen LogP contribution in [-0.4, -0.2) is 49.7 Å². The molecule has 0 N–H and O–H groups in total. The maximum Gasteiger partial charge on any atom is 0.226 e. The fraction of sp³-hybridized carbons (Fsp3) is 0.429. The van der Waals surface area contributed by atoms with Crippen molar-refractivity contribution < 1.29 is 4.79 Å². The zero-order valence-electron chi connectivity index (χ0n) is 15.8. The summed E-state index contributed by atoms with van der Waals surface area (Å²) in [6.07, 6.45) is 5.64. The zero-order chi connectivity index (χ0) is 18.9. The number of hydrogen-bond acceptors (Lipinski definition) is 5. The van der Waals surface area contributed by atoms with Gasteiger partial charge in [0.25, 0.3) is 0 Å². The first-order valence-corrected chi connectivity index (χ1v) is 10.0. The van der Waals surface area contributed by atoms with E-state index in [1.54, 1.807) is 10.8 Å². The molecule has 0 bridgehead atoms. The van der Waals surface area contributed by atoms with Crippen LogP contribution in [0.15, 0.2) is 48.8 Å². The van der Waals surface area contributed by atoms with Crippen molar-refractivity contribution in [3.8, 4) is 0 Å². The summed E-state index contributed by atoms with van der Waals surface area (Å²) in [7, 11) is 0. The van der Waals surface area contributed by atoms with E-state index in [0.29, 0.717) is 11.9 Å². The predicted molar refractivity (Wildman–Crippen MR) is 106 cm³/mol. The smallest absolute Gasteiger partial charge is 0.226 e. The van der Waals surface area contributed by atoms with Crippen molar-refractivity contribution >= 4 is 17.4 Å². The van der Waals surface area contributed by atoms with Crippen LogP contribution in [0.1, 0.15) is 31.2 Å². The van der Waals surface area contributed by atoms with E-state index >= 15 is 0 Å². The second-order valence-corrected chi connectivity index (χ2v) is 7.77. The van der Waals surface area contributed by atoms with E-state index in [2.05, 4.69) is 37.2 Å². The minimum absolute atomic E-state index is 0.110. The van der Waals surface area contributed by atoms with E-state index < -0.39 is 0 Å². The van der Waals surface area contributed by atoms with Crippen molar-refractivity contribution in [3.63, 3.8) is 0 Å². The topological polar surface area (TPSA) is 66.6 Å². The Morgan fingerprint density at radius 3 is 2.57 bits per heavy atom. The van der Waals surface area contributed by atoms with Crippen molar-refractivity contribution in [2.24, 2.45) is 5.92 Å². The summed E-state index contributed by atoms with van der Waals surface area (Å²) >= 11 is 0. The number of carbonyl (C=O) groups is 1. The summed E-state index contributed by atoms with van der Waals surface area (Å²) in [5.74, 6) is 1.36. The summed E-state index contributed by atoms with van der Waals surface area (Å²) in [5.41, 5.74) is 1.96. The quantitative estimate of drug-likeness (QED) is 0.685. The highest BCUT2D eigenvalue weighted by Crippen LogP contribution is 2.32. The molecule has 28 heavy (non-hydrogen) atoms. The molecular weight excluding hydrogens is 352 g/mol. The van der Waals surface area contributed by atoms with Gasteiger partial charge in [0, 0.05) is 31.6 Å². The Morgan fingerprint density at radius 1 is 1.04 bits per heavy atom. The van der Waals surface area contributed by atoms with Gasteiger partial charge in [0.15, 0.2) is 5.65 Å². The van der Waals surface area contributed by atoms with Crippen LogP contribution in [0.2, 0.25) is 0 Å². The van der Waals surface area contributed by atoms with Gasteiger partial charge in [0.2, 0.25) is 5.91 Å². The molecule has 1 saturated carbocycles. The zero-order valence-corrected chi connectivity index (χ0v) is 15.8. The highest BCUT2D eigenvalue weighted by molar-refractivity contribution is 5.80. The van der Waals surface area contributed by atoms with E-state index in [9.17, 15) is 4.79 Å². The third-order valence-electron chi connectivity index (χ3n) is 5.78. The fourth-order valence-electron chi connectivity index (χ4n) is 4.03. The van der Waals surface area contributed by atoms with Gasteiger partial charge in [0.1, 0.15) is 12.1 Å². The number of piperidine rings is 1. The molecule has 2 fully saturated rings. The van der Waals surface area contributed by atoms with Crippen LogP contribution >= 0.6 is 0 Å². The molecule has 2 aliphatic rings. The minimum atomic E-state index is 0.110. The van der Waals surface area contributed by atoms with Crippen molar-refractivity contribution in [2.45, 2.75) is 38.3 Å². The third-order valence-corrected chi connectivity index (χ3v) is 5.78. The average molecular weight is 376 g/mol. The summed E-state index contributed by atoms with van der Waals surface area (Å²) < 4.78 is 1.70. The molecule has 5 rings (SSSR count). The van der Waals surface area contributed by atoms with Crippen LogP contribution in [-0.2, 0) is 11.3 Å². The monoisotopic (exact) mass is 376 g/mol. The molecule has 1 aliphatic carbocycles. The number of benzene rings is 1. The lowest BCUT2D eigenvalue weighted by Gasteiger charge is -2.35. The van der Waals surface area contributed by atoms with Gasteiger partial charge in [-0.3, -0.25) is 4.79 Å². The Bertz CT molecular complexity index is 959. The van der Waals surface area contributed by atoms with Crippen LogP contribution < -0.4 is 4.90 Å². The standard InChI is InChI=1S/C21H24N6O/c28-21(26(18-6-7-18)14-16-4-2-1-3-5-16)17-10-12-25(13-11-17)20-9-8-19-23-22-15-27(19)24-20/h1-5,8-9,15,17-18H,6-7,10-14H2. The lowest BCUT2D eigenvalue weighted by atomic mass is 9.95. The third kappa shape index (κ3) is 3.44. The summed E-state index contributed by atoms with van der Waals surface area (Å²) in [5, 5.41) is 12.5. The number of carbonyl (C=O) groups excluding carboxylic acids is 1. The Labute approximate surface area is 164 Å². The molecule has 144 valence electrons. The SMILES string of the molecule is O=C(C1CCN(c2ccc3nncn3n2)CC1)N(Cc1ccccc1)C1CC1. The largest absolute Gasteiger partial charge is 0.355 e. The number of fused-ring (bicyclic) bond motifs is 1. The van der Waals surface area contributed by atoms with Gasteiger partial charge >= 0.3 is 0 Å². The van der Waals surface area contributed by atoms with Gasteiger partial charge in [-0.05, 0) is 43.4 Å². The van der Waals surface area contributed by atoms with E-state index in [1.807, 2.05) is 30.3 Å². The highest BCUT2D eigenvalue weighted by atomic mass is 16.2. The number of aromatic nitrogens is 4. The van der Waals surface area contributed by atoms with E-state index in [-0.39, 0.29) is 5.92 Å². The molecule has 7 nitrogen and oxygen atoms in total. The Hall–Kier alpha value is -2.96. The molecule has 0 radical (unpaired) electrons. The number of hydrogen-bond donors (Lipinski definition) is 0. The van der Waals surface area contributed by atoms with Gasteiger partial charge in [-0.1, -0.05) is 30.3 Å². The normalized spacial score (nSPS) is 17.8. The first-order valence-electron chi connectivity index (χ1n) is 10.0. The molecule has 1 aliphatic heterocycles. The number of rotatable bonds is 5. The van der Waals surface area contributed by atoms with Crippen molar-refractivity contribution in [1.82, 2.24) is 24.7 Å². The van der Waals surface area contributed by atoms with Crippen LogP contribution in [0.5, 0.6) is 0 Å². The fourth-order valence-corrected chi connectivity index (χ4v) is 4.03. The molecule has 3 aromatic rings. The van der Waals surface area contributed by atoms with Gasteiger partial charge in [-0.25, -0.2) is 0 Å². The summed E-state index contributed by atoms with van der Waals surface area (Å²) in [6.45, 7) is 2.43. The first kappa shape index (κ1) is 17.2. The maximum absolute atomic E-state index is 13.2. The molecule has 2 aromatic heterocycles. The first-order chi connectivity index (χ1) is 13.8. The van der Waals surface area contributed by atoms with E-state index in [4.69, 9.17) is 0 Å². The number of amides is 1. The van der Waals surface area contributed by atoms with Crippen LogP contribution in [0.4, 0.5) is 5.82 Å². The van der Waals surface area contributed by atoms with Crippen molar-refractivity contribution in [3.05, 3.63) is 54.4 Å². The molecule has 7 heteroatoms. The molecule has 1 amide bonds. The highest BCUT2D eigenvalue weighted by Gasteiger charge is 2.37. The summed E-state index contributed by atoms with van der Waals surface area (Å²) in [6, 6.07) is 14.7. The molecule has 0 spiro atoms. The Morgan fingerprint density at radius 2 is 1.82 bits per heavy atom. The van der Waals surface area contributed by atoms with Crippen LogP contribution in [0, 0.1) is 5.92 Å². The maximum atomic E-state index is 13.2. The number of nitrogens with zero attached hydrogens (tertiary/aromatic N) is 6. The Kier molecular flexibility index (Phi) is 4.43. The second kappa shape index (κ2) is 7.22. The molecule has 1 aromatic carbocycles. The predicted octanol–water partition coefficient (Wildman–Crippen LogP) is 2.53. The van der Waals surface area contributed by atoms with Crippen molar-refractivity contribution in [2.75, 3.05) is 18.0 Å². The molecule has 3 heterocycles. The van der Waals surface area contributed by atoms with Gasteiger partial charge < -0.3 is 9.80 Å². The molecule has 0 unspecified atom stereocenters. The van der Waals surface area contributed by atoms with Gasteiger partial charge in [-0.2, -0.15) is 4.52 Å². The summed E-state index contributed by atoms with van der Waals surface area (Å²) in [4.78, 5) is 17.6.